The average molecular weight is 676 g/mol. The van der Waals surface area contributed by atoms with Crippen LogP contribution in [0.1, 0.15) is 88.4 Å². The second kappa shape index (κ2) is 19.9. The number of anilines is 2. The van der Waals surface area contributed by atoms with Crippen molar-refractivity contribution in [2.75, 3.05) is 38.3 Å². The van der Waals surface area contributed by atoms with Gasteiger partial charge in [-0.1, -0.05) is 74.7 Å². The van der Waals surface area contributed by atoms with Crippen molar-refractivity contribution >= 4 is 23.2 Å². The first-order valence-corrected chi connectivity index (χ1v) is 16.5. The van der Waals surface area contributed by atoms with Gasteiger partial charge in [-0.2, -0.15) is 0 Å². The molecule has 0 aliphatic rings. The Labute approximate surface area is 294 Å². The lowest BCUT2D eigenvalue weighted by molar-refractivity contribution is -0.870. The lowest BCUT2D eigenvalue weighted by Crippen LogP contribution is -3.00. The number of quaternary nitrogens is 1. The first kappa shape index (κ1) is 39.5. The normalized spacial score (nSPS) is 10.8. The van der Waals surface area contributed by atoms with E-state index in [1.807, 2.05) is 84.9 Å². The number of carbonyl (C=O) groups excluding carboxylic acids is 2. The zero-order valence-corrected chi connectivity index (χ0v) is 29.8. The number of nitrogens with one attached hydrogen (secondary N) is 2. The van der Waals surface area contributed by atoms with Crippen LogP contribution in [-0.4, -0.2) is 44.0 Å². The molecule has 252 valence electrons. The summed E-state index contributed by atoms with van der Waals surface area (Å²) >= 11 is 0. The lowest BCUT2D eigenvalue weighted by atomic mass is 10.0. The molecule has 0 bridgehead atoms. The van der Waals surface area contributed by atoms with Crippen LogP contribution < -0.4 is 35.4 Å². The van der Waals surface area contributed by atoms with E-state index >= 15 is 0 Å². The first-order valence-electron chi connectivity index (χ1n) is 16.5. The van der Waals surface area contributed by atoms with Crippen molar-refractivity contribution in [1.29, 1.82) is 0 Å². The van der Waals surface area contributed by atoms with Gasteiger partial charge in [0.25, 0.3) is 11.8 Å². The third kappa shape index (κ3) is 13.9. The van der Waals surface area contributed by atoms with E-state index < -0.39 is 0 Å². The first-order chi connectivity index (χ1) is 21.7. The van der Waals surface area contributed by atoms with Crippen LogP contribution in [0.4, 0.5) is 11.4 Å². The van der Waals surface area contributed by atoms with Crippen LogP contribution in [-0.2, 0) is 19.3 Å². The highest BCUT2D eigenvalue weighted by Gasteiger charge is 2.09. The van der Waals surface area contributed by atoms with E-state index in [0.717, 1.165) is 46.2 Å². The molecule has 4 rings (SSSR count). The van der Waals surface area contributed by atoms with Crippen LogP contribution in [0.3, 0.4) is 0 Å². The summed E-state index contributed by atoms with van der Waals surface area (Å²) in [5.41, 5.74) is 7.67. The molecule has 7 heteroatoms. The second-order valence-corrected chi connectivity index (χ2v) is 13.1. The monoisotopic (exact) mass is 674 g/mol. The number of carbonyl (C=O) groups is 2. The maximum atomic E-state index is 12.8. The minimum absolute atomic E-state index is 0. The smallest absolute Gasteiger partial charge is 0.255 e. The lowest BCUT2D eigenvalue weighted by Gasteiger charge is -2.23. The maximum Gasteiger partial charge on any atom is 0.255 e. The van der Waals surface area contributed by atoms with Crippen molar-refractivity contribution < 1.29 is 38.9 Å². The average Bonchev–Trinajstić information content (AvgIpc) is 3.04. The summed E-state index contributed by atoms with van der Waals surface area (Å²) in [5, 5.41) is 5.99. The zero-order chi connectivity index (χ0) is 32.1. The SMILES string of the molecule is CCc1ccc(C(=O)Nc2ccc(Cc3ccc(NC(=O)c4ccc(CCCCCCCC[N+](C)(C)C)cc4)cc3)cc2)cc1.[Cl-].[Cl-]. The zero-order valence-electron chi connectivity index (χ0n) is 28.3. The predicted octanol–water partition coefficient (Wildman–Crippen LogP) is 2.94. The number of amides is 2. The van der Waals surface area contributed by atoms with Gasteiger partial charge in [0.2, 0.25) is 0 Å². The largest absolute Gasteiger partial charge is 1.00 e. The second-order valence-electron chi connectivity index (χ2n) is 13.1. The molecule has 4 aromatic carbocycles. The van der Waals surface area contributed by atoms with Gasteiger partial charge >= 0.3 is 0 Å². The molecule has 2 amide bonds. The van der Waals surface area contributed by atoms with Crippen molar-refractivity contribution in [3.63, 3.8) is 0 Å². The highest BCUT2D eigenvalue weighted by Crippen LogP contribution is 2.18. The number of rotatable bonds is 16. The van der Waals surface area contributed by atoms with E-state index in [2.05, 4.69) is 50.8 Å². The Balaban J connectivity index is 0.00000384. The topological polar surface area (TPSA) is 58.2 Å². The molecule has 4 aromatic rings. The highest BCUT2D eigenvalue weighted by atomic mass is 35.5. The van der Waals surface area contributed by atoms with E-state index in [-0.39, 0.29) is 36.6 Å². The minimum atomic E-state index is -0.109. The maximum absolute atomic E-state index is 12.8. The molecule has 0 aromatic heterocycles. The summed E-state index contributed by atoms with van der Waals surface area (Å²) in [7, 11) is 6.77. The minimum Gasteiger partial charge on any atom is -1.00 e. The molecular formula is C40H50Cl2N3O2-. The Hall–Kier alpha value is -3.64. The fraction of sp³-hybridized carbons (Fsp3) is 0.350. The van der Waals surface area contributed by atoms with Gasteiger partial charge < -0.3 is 39.9 Å². The van der Waals surface area contributed by atoms with Gasteiger partial charge in [0, 0.05) is 22.5 Å². The molecule has 0 aliphatic heterocycles. The number of aryl methyl sites for hydroxylation is 2. The van der Waals surface area contributed by atoms with Crippen molar-refractivity contribution in [3.05, 3.63) is 130 Å². The van der Waals surface area contributed by atoms with Gasteiger partial charge in [-0.25, -0.2) is 0 Å². The quantitative estimate of drug-likeness (QED) is 0.142. The molecule has 5 nitrogen and oxygen atoms in total. The van der Waals surface area contributed by atoms with Gasteiger partial charge in [-0.3, -0.25) is 9.59 Å². The summed E-state index contributed by atoms with van der Waals surface area (Å²) in [6.07, 6.45) is 10.5. The molecule has 0 saturated carbocycles. The molecule has 0 atom stereocenters. The highest BCUT2D eigenvalue weighted by molar-refractivity contribution is 6.04. The standard InChI is InChI=1S/C40H49N3O2.2ClH/c1-5-31-13-21-35(22-14-31)39(44)41-37-25-17-33(18-26-37)30-34-19-27-38(28-20-34)42-40(45)36-23-15-32(16-24-36)12-10-8-6-7-9-11-29-43(2,3)4;;/h13-28H,5-12,29-30H2,1-4H3,(H-,41,42,44,45);2*1H/p-1. The van der Waals surface area contributed by atoms with Crippen molar-refractivity contribution in [2.24, 2.45) is 0 Å². The van der Waals surface area contributed by atoms with E-state index in [1.54, 1.807) is 0 Å². The molecule has 0 radical (unpaired) electrons. The third-order valence-electron chi connectivity index (χ3n) is 8.22. The Kier molecular flexibility index (Phi) is 16.7. The van der Waals surface area contributed by atoms with Gasteiger partial charge in [-0.05, 0) is 109 Å². The molecule has 0 aliphatic carbocycles. The van der Waals surface area contributed by atoms with Crippen LogP contribution in [0.2, 0.25) is 0 Å². The summed E-state index contributed by atoms with van der Waals surface area (Å²) in [6, 6.07) is 31.6. The van der Waals surface area contributed by atoms with Crippen LogP contribution >= 0.6 is 0 Å². The van der Waals surface area contributed by atoms with Crippen LogP contribution in [0.15, 0.2) is 97.1 Å². The summed E-state index contributed by atoms with van der Waals surface area (Å²) < 4.78 is 1.05. The molecular weight excluding hydrogens is 625 g/mol. The van der Waals surface area contributed by atoms with Gasteiger partial charge in [0.05, 0.1) is 27.7 Å². The molecule has 0 fully saturated rings. The molecule has 2 N–H and O–H groups in total. The van der Waals surface area contributed by atoms with Gasteiger partial charge in [0.1, 0.15) is 0 Å². The number of hydrogen-bond acceptors (Lipinski definition) is 2. The molecule has 47 heavy (non-hydrogen) atoms. The van der Waals surface area contributed by atoms with Gasteiger partial charge in [0.15, 0.2) is 0 Å². The van der Waals surface area contributed by atoms with Crippen molar-refractivity contribution in [3.8, 4) is 0 Å². The fourth-order valence-corrected chi connectivity index (χ4v) is 5.39. The van der Waals surface area contributed by atoms with Crippen molar-refractivity contribution in [2.45, 2.75) is 64.7 Å². The summed E-state index contributed by atoms with van der Waals surface area (Å²) in [5.74, 6) is -0.205. The van der Waals surface area contributed by atoms with E-state index in [9.17, 15) is 9.59 Å². The van der Waals surface area contributed by atoms with E-state index in [1.165, 1.54) is 56.2 Å². The molecule has 0 unspecified atom stereocenters. The Morgan fingerprint density at radius 1 is 0.511 bits per heavy atom. The van der Waals surface area contributed by atoms with E-state index in [4.69, 9.17) is 0 Å². The van der Waals surface area contributed by atoms with Gasteiger partial charge in [-0.15, -0.1) is 0 Å². The molecule has 0 heterocycles. The molecule has 0 spiro atoms. The molecule has 0 saturated heterocycles. The number of benzene rings is 4. The van der Waals surface area contributed by atoms with Crippen LogP contribution in [0, 0.1) is 0 Å². The fourth-order valence-electron chi connectivity index (χ4n) is 5.39. The number of hydrogen-bond donors (Lipinski definition) is 2. The van der Waals surface area contributed by atoms with Crippen LogP contribution in [0.5, 0.6) is 0 Å². The van der Waals surface area contributed by atoms with Crippen LogP contribution in [0.25, 0.3) is 0 Å². The Morgan fingerprint density at radius 3 is 1.32 bits per heavy atom. The summed E-state index contributed by atoms with van der Waals surface area (Å²) in [6.45, 7) is 3.35. The van der Waals surface area contributed by atoms with Crippen molar-refractivity contribution in [1.82, 2.24) is 0 Å². The number of halogens is 2. The number of nitrogens with zero attached hydrogens (tertiary/aromatic N) is 1. The van der Waals surface area contributed by atoms with E-state index in [0.29, 0.717) is 11.1 Å². The Morgan fingerprint density at radius 2 is 0.894 bits per heavy atom. The Bertz CT molecular complexity index is 1500. The third-order valence-corrected chi connectivity index (χ3v) is 8.22. The number of unbranched alkanes of at least 4 members (excludes halogenated alkanes) is 5. The summed E-state index contributed by atoms with van der Waals surface area (Å²) in [4.78, 5) is 25.4. The predicted molar refractivity (Wildman–Crippen MR) is 188 cm³/mol.